The second kappa shape index (κ2) is 6.50. The lowest BCUT2D eigenvalue weighted by Crippen LogP contribution is -2.23. The molecule has 94 valence electrons. The van der Waals surface area contributed by atoms with Crippen molar-refractivity contribution in [2.45, 2.75) is 20.3 Å². The fourth-order valence-corrected chi connectivity index (χ4v) is 1.75. The monoisotopic (exact) mass is 256 g/mol. The number of para-hydroxylation sites is 1. The van der Waals surface area contributed by atoms with Crippen molar-refractivity contribution in [3.63, 3.8) is 0 Å². The molecule has 1 N–H and O–H groups in total. The van der Waals surface area contributed by atoms with E-state index < -0.39 is 11.9 Å². The van der Waals surface area contributed by atoms with E-state index in [0.717, 1.165) is 0 Å². The first-order chi connectivity index (χ1) is 8.00. The van der Waals surface area contributed by atoms with Crippen molar-refractivity contribution in [1.82, 2.24) is 0 Å². The Morgan fingerprint density at radius 2 is 2.06 bits per heavy atom. The number of rotatable bonds is 6. The van der Waals surface area contributed by atoms with Crippen LogP contribution >= 0.6 is 11.6 Å². The normalized spacial score (nSPS) is 12.5. The van der Waals surface area contributed by atoms with Crippen LogP contribution in [0.2, 0.25) is 5.02 Å². The van der Waals surface area contributed by atoms with Gasteiger partial charge in [0.1, 0.15) is 12.4 Å². The summed E-state index contributed by atoms with van der Waals surface area (Å²) in [6.45, 7) is 4.13. The van der Waals surface area contributed by atoms with Gasteiger partial charge in [-0.05, 0) is 24.5 Å². The average Bonchev–Trinajstić information content (AvgIpc) is 2.25. The van der Waals surface area contributed by atoms with Gasteiger partial charge in [0.25, 0.3) is 0 Å². The number of carboxylic acid groups (broad SMARTS) is 1. The fraction of sp³-hybridized carbons (Fsp3) is 0.462. The highest BCUT2D eigenvalue weighted by atomic mass is 35.5. The molecule has 0 aromatic heterocycles. The Kier molecular flexibility index (Phi) is 5.29. The van der Waals surface area contributed by atoms with Crippen molar-refractivity contribution in [3.05, 3.63) is 29.3 Å². The highest BCUT2D eigenvalue weighted by Crippen LogP contribution is 2.24. The first-order valence-corrected chi connectivity index (χ1v) is 5.98. The maximum Gasteiger partial charge on any atom is 0.309 e. The van der Waals surface area contributed by atoms with Crippen LogP contribution in [0, 0.1) is 11.8 Å². The molecule has 1 atom stereocenters. The lowest BCUT2D eigenvalue weighted by molar-refractivity contribution is -0.143. The zero-order valence-corrected chi connectivity index (χ0v) is 10.8. The molecule has 0 bridgehead atoms. The van der Waals surface area contributed by atoms with Gasteiger partial charge in [-0.1, -0.05) is 37.6 Å². The molecule has 0 saturated heterocycles. The molecule has 0 aliphatic carbocycles. The van der Waals surface area contributed by atoms with Gasteiger partial charge < -0.3 is 9.84 Å². The highest BCUT2D eigenvalue weighted by molar-refractivity contribution is 6.32. The summed E-state index contributed by atoms with van der Waals surface area (Å²) < 4.78 is 5.45. The van der Waals surface area contributed by atoms with Crippen molar-refractivity contribution >= 4 is 17.6 Å². The van der Waals surface area contributed by atoms with Gasteiger partial charge in [0.15, 0.2) is 0 Å². The summed E-state index contributed by atoms with van der Waals surface area (Å²) in [5.41, 5.74) is 0. The maximum absolute atomic E-state index is 11.0. The Morgan fingerprint density at radius 1 is 1.41 bits per heavy atom. The largest absolute Gasteiger partial charge is 0.491 e. The minimum absolute atomic E-state index is 0.150. The first-order valence-electron chi connectivity index (χ1n) is 5.60. The molecule has 1 aromatic carbocycles. The van der Waals surface area contributed by atoms with Crippen LogP contribution in [0.5, 0.6) is 5.75 Å². The van der Waals surface area contributed by atoms with Gasteiger partial charge in [0.2, 0.25) is 0 Å². The molecule has 0 aliphatic heterocycles. The van der Waals surface area contributed by atoms with Crippen molar-refractivity contribution in [2.24, 2.45) is 11.8 Å². The highest BCUT2D eigenvalue weighted by Gasteiger charge is 2.20. The molecule has 1 aromatic rings. The zero-order chi connectivity index (χ0) is 12.8. The van der Waals surface area contributed by atoms with Crippen molar-refractivity contribution < 1.29 is 14.6 Å². The Bertz CT molecular complexity index is 377. The molecule has 3 nitrogen and oxygen atoms in total. The second-order valence-corrected chi connectivity index (χ2v) is 4.81. The molecule has 0 fully saturated rings. The minimum Gasteiger partial charge on any atom is -0.491 e. The van der Waals surface area contributed by atoms with Gasteiger partial charge in [-0.25, -0.2) is 0 Å². The third-order valence-corrected chi connectivity index (χ3v) is 2.69. The van der Waals surface area contributed by atoms with Gasteiger partial charge in [0.05, 0.1) is 10.9 Å². The molecule has 0 spiro atoms. The van der Waals surface area contributed by atoms with Gasteiger partial charge in [-0.3, -0.25) is 4.79 Å². The molecule has 0 saturated carbocycles. The number of hydrogen-bond donors (Lipinski definition) is 1. The van der Waals surface area contributed by atoms with Gasteiger partial charge >= 0.3 is 5.97 Å². The van der Waals surface area contributed by atoms with Crippen molar-refractivity contribution in [3.8, 4) is 5.75 Å². The Morgan fingerprint density at radius 3 is 2.59 bits per heavy atom. The zero-order valence-electron chi connectivity index (χ0n) is 10.0. The Balaban J connectivity index is 2.58. The number of hydrogen-bond acceptors (Lipinski definition) is 2. The van der Waals surface area contributed by atoms with Crippen LogP contribution in [0.1, 0.15) is 20.3 Å². The van der Waals surface area contributed by atoms with E-state index in [1.54, 1.807) is 24.3 Å². The summed E-state index contributed by atoms with van der Waals surface area (Å²) in [6.07, 6.45) is 0.597. The molecule has 0 amide bonds. The summed E-state index contributed by atoms with van der Waals surface area (Å²) in [4.78, 5) is 11.0. The minimum atomic E-state index is -0.828. The summed E-state index contributed by atoms with van der Waals surface area (Å²) in [7, 11) is 0. The molecule has 1 unspecified atom stereocenters. The van der Waals surface area contributed by atoms with E-state index in [2.05, 4.69) is 0 Å². The molecule has 0 aliphatic rings. The standard InChI is InChI=1S/C13H17ClO3/c1-9(2)7-10(13(15)16)8-17-12-6-4-3-5-11(12)14/h3-6,9-10H,7-8H2,1-2H3,(H,15,16). The van der Waals surface area contributed by atoms with Crippen LogP contribution < -0.4 is 4.74 Å². The smallest absolute Gasteiger partial charge is 0.309 e. The molecular formula is C13H17ClO3. The lowest BCUT2D eigenvalue weighted by Gasteiger charge is -2.16. The topological polar surface area (TPSA) is 46.5 Å². The predicted molar refractivity (Wildman–Crippen MR) is 67.5 cm³/mol. The van der Waals surface area contributed by atoms with E-state index in [1.165, 1.54) is 0 Å². The number of benzene rings is 1. The van der Waals surface area contributed by atoms with E-state index in [4.69, 9.17) is 21.4 Å². The Hall–Kier alpha value is -1.22. The Labute approximate surface area is 106 Å². The average molecular weight is 257 g/mol. The lowest BCUT2D eigenvalue weighted by atomic mass is 9.98. The summed E-state index contributed by atoms with van der Waals surface area (Å²) in [5, 5.41) is 9.56. The fourth-order valence-electron chi connectivity index (χ4n) is 1.56. The summed E-state index contributed by atoms with van der Waals surface area (Å²) >= 11 is 5.92. The number of aliphatic carboxylic acids is 1. The van der Waals surface area contributed by atoms with E-state index in [9.17, 15) is 4.79 Å². The molecule has 4 heteroatoms. The first kappa shape index (κ1) is 13.8. The molecule has 1 rings (SSSR count). The number of carboxylic acids is 1. The van der Waals surface area contributed by atoms with E-state index in [-0.39, 0.29) is 6.61 Å². The van der Waals surface area contributed by atoms with Crippen molar-refractivity contribution in [2.75, 3.05) is 6.61 Å². The summed E-state index contributed by atoms with van der Waals surface area (Å²) in [6, 6.07) is 7.06. The van der Waals surface area contributed by atoms with Crippen LogP contribution in [0.4, 0.5) is 0 Å². The van der Waals surface area contributed by atoms with E-state index in [1.807, 2.05) is 13.8 Å². The number of carbonyl (C=O) groups is 1. The third kappa shape index (κ3) is 4.65. The van der Waals surface area contributed by atoms with Crippen LogP contribution in [-0.2, 0) is 4.79 Å². The number of halogens is 1. The van der Waals surface area contributed by atoms with Crippen molar-refractivity contribution in [1.29, 1.82) is 0 Å². The molecule has 0 heterocycles. The van der Waals surface area contributed by atoms with E-state index >= 15 is 0 Å². The van der Waals surface area contributed by atoms with Gasteiger partial charge in [0, 0.05) is 0 Å². The van der Waals surface area contributed by atoms with Gasteiger partial charge in [-0.15, -0.1) is 0 Å². The van der Waals surface area contributed by atoms with Crippen LogP contribution in [0.25, 0.3) is 0 Å². The third-order valence-electron chi connectivity index (χ3n) is 2.38. The van der Waals surface area contributed by atoms with Gasteiger partial charge in [-0.2, -0.15) is 0 Å². The predicted octanol–water partition coefficient (Wildman–Crippen LogP) is 3.47. The van der Waals surface area contributed by atoms with Crippen LogP contribution in [0.15, 0.2) is 24.3 Å². The second-order valence-electron chi connectivity index (χ2n) is 4.41. The SMILES string of the molecule is CC(C)CC(COc1ccccc1Cl)C(=O)O. The molecule has 17 heavy (non-hydrogen) atoms. The molecular weight excluding hydrogens is 240 g/mol. The number of ether oxygens (including phenoxy) is 1. The summed E-state index contributed by atoms with van der Waals surface area (Å²) in [5.74, 6) is -0.466. The van der Waals surface area contributed by atoms with Crippen LogP contribution in [-0.4, -0.2) is 17.7 Å². The maximum atomic E-state index is 11.0. The van der Waals surface area contributed by atoms with E-state index in [0.29, 0.717) is 23.1 Å². The molecule has 0 radical (unpaired) electrons. The van der Waals surface area contributed by atoms with Crippen LogP contribution in [0.3, 0.4) is 0 Å². The quantitative estimate of drug-likeness (QED) is 0.848.